The molecule has 4 rings (SSSR count). The quantitative estimate of drug-likeness (QED) is 0.555. The molecule has 3 aromatic heterocycles. The summed E-state index contributed by atoms with van der Waals surface area (Å²) in [4.78, 5) is 32.9. The topological polar surface area (TPSA) is 115 Å². The Labute approximate surface area is 159 Å². The molecule has 0 unspecified atom stereocenters. The number of benzene rings is 1. The van der Waals surface area contributed by atoms with E-state index in [0.717, 1.165) is 0 Å². The van der Waals surface area contributed by atoms with Gasteiger partial charge in [0.15, 0.2) is 11.6 Å². The lowest BCUT2D eigenvalue weighted by molar-refractivity contribution is 0.0995. The molecule has 0 fully saturated rings. The van der Waals surface area contributed by atoms with Gasteiger partial charge in [-0.1, -0.05) is 6.07 Å². The average Bonchev–Trinajstić information content (AvgIpc) is 3.42. The largest absolute Gasteiger partial charge is 0.459 e. The van der Waals surface area contributed by atoms with Crippen molar-refractivity contribution in [3.05, 3.63) is 85.0 Å². The maximum Gasteiger partial charge on any atom is 0.291 e. The van der Waals surface area contributed by atoms with E-state index in [1.807, 2.05) is 0 Å². The van der Waals surface area contributed by atoms with E-state index in [2.05, 4.69) is 25.7 Å². The van der Waals surface area contributed by atoms with Gasteiger partial charge in [0.25, 0.3) is 11.8 Å². The first kappa shape index (κ1) is 17.2. The maximum atomic E-state index is 12.7. The second-order valence-electron chi connectivity index (χ2n) is 5.68. The first-order chi connectivity index (χ1) is 13.7. The lowest BCUT2D eigenvalue weighted by Gasteiger charge is -2.10. The summed E-state index contributed by atoms with van der Waals surface area (Å²) in [6.45, 7) is 0. The summed E-state index contributed by atoms with van der Waals surface area (Å²) in [5.74, 6) is -0.190. The number of rotatable bonds is 5. The molecule has 0 aliphatic carbocycles. The SMILES string of the molecule is O=C(Nc1cccc(NC(=O)c2cccnc2-n2cncn2)c1)c1ccco1. The van der Waals surface area contributed by atoms with Crippen LogP contribution in [0.4, 0.5) is 11.4 Å². The van der Waals surface area contributed by atoms with Crippen LogP contribution < -0.4 is 10.6 Å². The van der Waals surface area contributed by atoms with Crippen LogP contribution in [0, 0.1) is 0 Å². The second-order valence-corrected chi connectivity index (χ2v) is 5.68. The van der Waals surface area contributed by atoms with Crippen LogP contribution >= 0.6 is 0 Å². The molecule has 0 atom stereocenters. The highest BCUT2D eigenvalue weighted by Crippen LogP contribution is 2.18. The molecule has 0 spiro atoms. The Balaban J connectivity index is 1.52. The summed E-state index contributed by atoms with van der Waals surface area (Å²) in [5, 5.41) is 9.52. The van der Waals surface area contributed by atoms with Crippen LogP contribution in [0.2, 0.25) is 0 Å². The minimum absolute atomic E-state index is 0.197. The van der Waals surface area contributed by atoms with Gasteiger partial charge in [0.1, 0.15) is 12.7 Å². The highest BCUT2D eigenvalue weighted by atomic mass is 16.3. The van der Waals surface area contributed by atoms with E-state index in [-0.39, 0.29) is 17.6 Å². The third-order valence-corrected chi connectivity index (χ3v) is 3.79. The molecule has 0 aliphatic heterocycles. The van der Waals surface area contributed by atoms with Gasteiger partial charge in [0, 0.05) is 17.6 Å². The molecule has 0 aliphatic rings. The molecule has 9 nitrogen and oxygen atoms in total. The predicted octanol–water partition coefficient (Wildman–Crippen LogP) is 2.76. The van der Waals surface area contributed by atoms with Crippen LogP contribution in [0.25, 0.3) is 5.82 Å². The number of pyridine rings is 1. The van der Waals surface area contributed by atoms with Crippen molar-refractivity contribution < 1.29 is 14.0 Å². The minimum atomic E-state index is -0.380. The van der Waals surface area contributed by atoms with E-state index < -0.39 is 0 Å². The monoisotopic (exact) mass is 374 g/mol. The zero-order chi connectivity index (χ0) is 19.3. The standard InChI is InChI=1S/C19H14N6O3/c26-18(15-6-2-8-21-17(15)25-12-20-11-22-25)23-13-4-1-5-14(10-13)24-19(27)16-7-3-9-28-16/h1-12H,(H,23,26)(H,24,27). The molecule has 0 saturated carbocycles. The van der Waals surface area contributed by atoms with Gasteiger partial charge in [-0.05, 0) is 42.5 Å². The van der Waals surface area contributed by atoms with Gasteiger partial charge in [-0.2, -0.15) is 5.10 Å². The van der Waals surface area contributed by atoms with Gasteiger partial charge < -0.3 is 15.1 Å². The molecular weight excluding hydrogens is 360 g/mol. The Morgan fingerprint density at radius 3 is 2.50 bits per heavy atom. The van der Waals surface area contributed by atoms with E-state index in [9.17, 15) is 9.59 Å². The highest BCUT2D eigenvalue weighted by Gasteiger charge is 2.15. The van der Waals surface area contributed by atoms with Crippen LogP contribution in [-0.4, -0.2) is 31.6 Å². The Hall–Kier alpha value is -4.27. The Kier molecular flexibility index (Phi) is 4.62. The summed E-state index contributed by atoms with van der Waals surface area (Å²) in [5.41, 5.74) is 1.36. The third kappa shape index (κ3) is 3.63. The Morgan fingerprint density at radius 2 is 1.79 bits per heavy atom. The average molecular weight is 374 g/mol. The number of aromatic nitrogens is 4. The van der Waals surface area contributed by atoms with E-state index in [4.69, 9.17) is 4.42 Å². The molecule has 2 amide bonds. The van der Waals surface area contributed by atoms with E-state index in [1.165, 1.54) is 23.6 Å². The lowest BCUT2D eigenvalue weighted by atomic mass is 10.2. The van der Waals surface area contributed by atoms with Crippen molar-refractivity contribution in [3.8, 4) is 5.82 Å². The molecule has 2 N–H and O–H groups in total. The maximum absolute atomic E-state index is 12.7. The molecule has 0 saturated heterocycles. The molecule has 0 radical (unpaired) electrons. The number of nitrogens with one attached hydrogen (secondary N) is 2. The fourth-order valence-electron chi connectivity index (χ4n) is 2.55. The first-order valence-corrected chi connectivity index (χ1v) is 8.27. The van der Waals surface area contributed by atoms with Crippen molar-refractivity contribution >= 4 is 23.2 Å². The Bertz CT molecular complexity index is 1110. The molecule has 28 heavy (non-hydrogen) atoms. The normalized spacial score (nSPS) is 10.4. The fraction of sp³-hybridized carbons (Fsp3) is 0. The number of anilines is 2. The number of carbonyl (C=O) groups is 2. The van der Waals surface area contributed by atoms with Gasteiger partial charge in [-0.25, -0.2) is 14.6 Å². The van der Waals surface area contributed by atoms with E-state index in [0.29, 0.717) is 22.8 Å². The lowest BCUT2D eigenvalue weighted by Crippen LogP contribution is -2.16. The van der Waals surface area contributed by atoms with Crippen molar-refractivity contribution in [2.75, 3.05) is 10.6 Å². The number of hydrogen-bond acceptors (Lipinski definition) is 6. The third-order valence-electron chi connectivity index (χ3n) is 3.79. The Morgan fingerprint density at radius 1 is 0.964 bits per heavy atom. The van der Waals surface area contributed by atoms with Crippen molar-refractivity contribution in [1.29, 1.82) is 0 Å². The van der Waals surface area contributed by atoms with Gasteiger partial charge in [-0.15, -0.1) is 0 Å². The van der Waals surface area contributed by atoms with Crippen molar-refractivity contribution in [2.24, 2.45) is 0 Å². The predicted molar refractivity (Wildman–Crippen MR) is 100 cm³/mol. The van der Waals surface area contributed by atoms with Gasteiger partial charge in [-0.3, -0.25) is 9.59 Å². The van der Waals surface area contributed by atoms with Gasteiger partial charge in [0.2, 0.25) is 0 Å². The minimum Gasteiger partial charge on any atom is -0.459 e. The van der Waals surface area contributed by atoms with Crippen LogP contribution in [0.15, 0.2) is 78.1 Å². The van der Waals surface area contributed by atoms with Crippen molar-refractivity contribution in [1.82, 2.24) is 19.7 Å². The molecule has 4 aromatic rings. The number of hydrogen-bond donors (Lipinski definition) is 2. The number of furan rings is 1. The fourth-order valence-corrected chi connectivity index (χ4v) is 2.55. The first-order valence-electron chi connectivity index (χ1n) is 8.27. The zero-order valence-electron chi connectivity index (χ0n) is 14.4. The second kappa shape index (κ2) is 7.54. The summed E-state index contributed by atoms with van der Waals surface area (Å²) in [6.07, 6.45) is 5.82. The van der Waals surface area contributed by atoms with Crippen molar-refractivity contribution in [3.63, 3.8) is 0 Å². The van der Waals surface area contributed by atoms with Crippen LogP contribution in [0.3, 0.4) is 0 Å². The van der Waals surface area contributed by atoms with E-state index in [1.54, 1.807) is 54.7 Å². The molecule has 0 bridgehead atoms. The molecule has 138 valence electrons. The molecule has 1 aromatic carbocycles. The van der Waals surface area contributed by atoms with Gasteiger partial charge in [0.05, 0.1) is 11.8 Å². The van der Waals surface area contributed by atoms with E-state index >= 15 is 0 Å². The molecule has 9 heteroatoms. The number of amides is 2. The molecule has 3 heterocycles. The number of nitrogens with zero attached hydrogens (tertiary/aromatic N) is 4. The van der Waals surface area contributed by atoms with Crippen LogP contribution in [0.1, 0.15) is 20.9 Å². The molecular formula is C19H14N6O3. The number of carbonyl (C=O) groups excluding carboxylic acids is 2. The van der Waals surface area contributed by atoms with Gasteiger partial charge >= 0.3 is 0 Å². The summed E-state index contributed by atoms with van der Waals surface area (Å²) < 4.78 is 6.48. The van der Waals surface area contributed by atoms with Crippen LogP contribution in [0.5, 0.6) is 0 Å². The summed E-state index contributed by atoms with van der Waals surface area (Å²) in [6, 6.07) is 13.3. The summed E-state index contributed by atoms with van der Waals surface area (Å²) in [7, 11) is 0. The smallest absolute Gasteiger partial charge is 0.291 e. The summed E-state index contributed by atoms with van der Waals surface area (Å²) >= 11 is 0. The zero-order valence-corrected chi connectivity index (χ0v) is 14.4. The van der Waals surface area contributed by atoms with Crippen molar-refractivity contribution in [2.45, 2.75) is 0 Å². The van der Waals surface area contributed by atoms with Crippen LogP contribution in [-0.2, 0) is 0 Å². The highest BCUT2D eigenvalue weighted by molar-refractivity contribution is 6.07.